The molecule has 174 valence electrons. The van der Waals surface area contributed by atoms with Crippen LogP contribution in [0.4, 0.5) is 0 Å². The van der Waals surface area contributed by atoms with E-state index in [0.717, 1.165) is 41.9 Å². The van der Waals surface area contributed by atoms with Gasteiger partial charge in [-0.3, -0.25) is 13.8 Å². The van der Waals surface area contributed by atoms with Gasteiger partial charge in [0.25, 0.3) is 0 Å². The second-order valence-electron chi connectivity index (χ2n) is 8.47. The predicted octanol–water partition coefficient (Wildman–Crippen LogP) is 2.46. The van der Waals surface area contributed by atoms with E-state index in [-0.39, 0.29) is 5.69 Å². The Morgan fingerprint density at radius 3 is 2.71 bits per heavy atom. The molecule has 0 bridgehead atoms. The molecule has 2 N–H and O–H groups in total. The Bertz CT molecular complexity index is 1380. The first kappa shape index (κ1) is 21.6. The number of hydrogen-bond donors (Lipinski definition) is 2. The number of aromatic amines is 1. The molecule has 34 heavy (non-hydrogen) atoms. The molecule has 10 heteroatoms. The third kappa shape index (κ3) is 3.87. The van der Waals surface area contributed by atoms with Gasteiger partial charge in [0.05, 0.1) is 11.6 Å². The van der Waals surface area contributed by atoms with Crippen LogP contribution in [-0.2, 0) is 25.4 Å². The van der Waals surface area contributed by atoms with Gasteiger partial charge in [0.15, 0.2) is 0 Å². The summed E-state index contributed by atoms with van der Waals surface area (Å²) in [5, 5.41) is 21.8. The lowest BCUT2D eigenvalue weighted by atomic mass is 9.78. The van der Waals surface area contributed by atoms with Gasteiger partial charge < -0.3 is 5.32 Å². The standard InChI is InChI=1S/C24H27N9O/c1-3-4-8-20-16-32(21-9-12-26-31(21)2)23(34)33(20)17-24(10-13-25-14-11-24)19-7-5-6-18(15-19)22-27-29-30-28-22/h5-7,9-16,25H,3-4,8,17H2,1-2H3,(H,27,28,29,30). The van der Waals surface area contributed by atoms with Crippen LogP contribution in [0.1, 0.15) is 31.0 Å². The van der Waals surface area contributed by atoms with Gasteiger partial charge in [0, 0.05) is 37.1 Å². The maximum Gasteiger partial charge on any atom is 0.334 e. The third-order valence-corrected chi connectivity index (χ3v) is 6.27. The van der Waals surface area contributed by atoms with E-state index in [1.807, 2.05) is 48.4 Å². The molecule has 5 rings (SSSR count). The van der Waals surface area contributed by atoms with Crippen LogP contribution in [-0.4, -0.2) is 39.5 Å². The van der Waals surface area contributed by atoms with Gasteiger partial charge in [-0.05, 0) is 42.1 Å². The molecule has 0 unspecified atom stereocenters. The van der Waals surface area contributed by atoms with E-state index < -0.39 is 5.41 Å². The summed E-state index contributed by atoms with van der Waals surface area (Å²) in [5.41, 5.74) is 2.28. The Morgan fingerprint density at radius 2 is 2.00 bits per heavy atom. The summed E-state index contributed by atoms with van der Waals surface area (Å²) < 4.78 is 5.30. The van der Waals surface area contributed by atoms with Gasteiger partial charge in [-0.25, -0.2) is 4.79 Å². The fourth-order valence-electron chi connectivity index (χ4n) is 4.41. The summed E-state index contributed by atoms with van der Waals surface area (Å²) in [7, 11) is 1.84. The minimum absolute atomic E-state index is 0.0799. The second kappa shape index (κ2) is 8.97. The van der Waals surface area contributed by atoms with Crippen molar-refractivity contribution < 1.29 is 0 Å². The van der Waals surface area contributed by atoms with Crippen LogP contribution < -0.4 is 11.0 Å². The van der Waals surface area contributed by atoms with Crippen molar-refractivity contribution >= 4 is 0 Å². The van der Waals surface area contributed by atoms with Crippen LogP contribution in [0.2, 0.25) is 0 Å². The first-order valence-electron chi connectivity index (χ1n) is 11.4. The van der Waals surface area contributed by atoms with Crippen molar-refractivity contribution in [3.63, 3.8) is 0 Å². The number of imidazole rings is 1. The number of dihydropyridines is 1. The van der Waals surface area contributed by atoms with Crippen LogP contribution in [0.3, 0.4) is 0 Å². The van der Waals surface area contributed by atoms with E-state index in [4.69, 9.17) is 0 Å². The van der Waals surface area contributed by atoms with Crippen molar-refractivity contribution in [2.75, 3.05) is 0 Å². The van der Waals surface area contributed by atoms with E-state index in [0.29, 0.717) is 12.4 Å². The molecule has 0 saturated carbocycles. The second-order valence-corrected chi connectivity index (χ2v) is 8.47. The van der Waals surface area contributed by atoms with Crippen LogP contribution in [0.25, 0.3) is 17.2 Å². The van der Waals surface area contributed by atoms with Crippen molar-refractivity contribution in [1.82, 2.24) is 44.9 Å². The monoisotopic (exact) mass is 457 g/mol. The predicted molar refractivity (Wildman–Crippen MR) is 128 cm³/mol. The molecule has 4 aromatic rings. The molecule has 4 heterocycles. The summed E-state index contributed by atoms with van der Waals surface area (Å²) in [6, 6.07) is 9.91. The lowest BCUT2D eigenvalue weighted by molar-refractivity contribution is 0.495. The maximum atomic E-state index is 13.7. The highest BCUT2D eigenvalue weighted by Gasteiger charge is 2.31. The number of unbranched alkanes of at least 4 members (excludes halogenated alkanes) is 1. The van der Waals surface area contributed by atoms with Crippen LogP contribution in [0.5, 0.6) is 0 Å². The quantitative estimate of drug-likeness (QED) is 0.420. The van der Waals surface area contributed by atoms with Crippen molar-refractivity contribution in [3.05, 3.63) is 89.0 Å². The minimum atomic E-state index is -0.533. The number of nitrogens with zero attached hydrogens (tertiary/aromatic N) is 7. The lowest BCUT2D eigenvalue weighted by Crippen LogP contribution is -2.36. The lowest BCUT2D eigenvalue weighted by Gasteiger charge is -2.31. The van der Waals surface area contributed by atoms with Gasteiger partial charge in [-0.15, -0.1) is 10.2 Å². The number of aryl methyl sites for hydroxylation is 2. The zero-order valence-corrected chi connectivity index (χ0v) is 19.2. The van der Waals surface area contributed by atoms with E-state index >= 15 is 0 Å². The molecular weight excluding hydrogens is 430 g/mol. The zero-order chi connectivity index (χ0) is 23.5. The molecule has 0 saturated heterocycles. The normalized spacial score (nSPS) is 14.4. The van der Waals surface area contributed by atoms with E-state index in [1.54, 1.807) is 15.4 Å². The molecule has 0 atom stereocenters. The number of tetrazole rings is 1. The molecule has 10 nitrogen and oxygen atoms in total. The van der Waals surface area contributed by atoms with Crippen molar-refractivity contribution in [2.24, 2.45) is 7.05 Å². The van der Waals surface area contributed by atoms with Crippen molar-refractivity contribution in [1.29, 1.82) is 0 Å². The Kier molecular flexibility index (Phi) is 5.70. The number of nitrogens with one attached hydrogen (secondary N) is 2. The van der Waals surface area contributed by atoms with E-state index in [1.165, 1.54) is 0 Å². The summed E-state index contributed by atoms with van der Waals surface area (Å²) in [4.78, 5) is 13.7. The largest absolute Gasteiger partial charge is 0.368 e. The molecule has 0 amide bonds. The molecular formula is C24H27N9O. The molecule has 3 aromatic heterocycles. The van der Waals surface area contributed by atoms with Crippen molar-refractivity contribution in [2.45, 2.75) is 38.1 Å². The van der Waals surface area contributed by atoms with Gasteiger partial charge in [0.2, 0.25) is 5.82 Å². The number of benzene rings is 1. The van der Waals surface area contributed by atoms with Gasteiger partial charge in [-0.2, -0.15) is 10.3 Å². The minimum Gasteiger partial charge on any atom is -0.368 e. The summed E-state index contributed by atoms with van der Waals surface area (Å²) >= 11 is 0. The van der Waals surface area contributed by atoms with E-state index in [9.17, 15) is 4.79 Å². The summed E-state index contributed by atoms with van der Waals surface area (Å²) in [6.07, 6.45) is 14.5. The maximum absolute atomic E-state index is 13.7. The Labute approximate surface area is 196 Å². The fourth-order valence-corrected chi connectivity index (χ4v) is 4.41. The van der Waals surface area contributed by atoms with Crippen LogP contribution in [0.15, 0.2) is 72.1 Å². The molecule has 0 aliphatic carbocycles. The van der Waals surface area contributed by atoms with E-state index in [2.05, 4.69) is 62.2 Å². The molecule has 1 aliphatic rings. The average molecular weight is 458 g/mol. The Hall–Kier alpha value is -4.21. The first-order valence-corrected chi connectivity index (χ1v) is 11.4. The van der Waals surface area contributed by atoms with Gasteiger partial charge in [-0.1, -0.05) is 43.7 Å². The summed E-state index contributed by atoms with van der Waals surface area (Å²) in [6.45, 7) is 2.61. The topological polar surface area (TPSA) is 111 Å². The van der Waals surface area contributed by atoms with Crippen LogP contribution in [0, 0.1) is 0 Å². The SMILES string of the molecule is CCCCc1cn(-c2ccnn2C)c(=O)n1CC1(c2cccc(-c3nn[nH]n3)c2)C=CNC=C1. The highest BCUT2D eigenvalue weighted by Crippen LogP contribution is 2.33. The molecule has 0 fully saturated rings. The number of aromatic nitrogens is 8. The number of allylic oxidation sites excluding steroid dienone is 2. The number of hydrogen-bond acceptors (Lipinski definition) is 6. The Morgan fingerprint density at radius 1 is 1.15 bits per heavy atom. The Balaban J connectivity index is 1.61. The molecule has 0 spiro atoms. The smallest absolute Gasteiger partial charge is 0.334 e. The number of rotatable bonds is 8. The van der Waals surface area contributed by atoms with Gasteiger partial charge in [0.1, 0.15) is 5.82 Å². The van der Waals surface area contributed by atoms with Gasteiger partial charge >= 0.3 is 5.69 Å². The highest BCUT2D eigenvalue weighted by atomic mass is 16.1. The molecule has 1 aliphatic heterocycles. The zero-order valence-electron chi connectivity index (χ0n) is 19.2. The van der Waals surface area contributed by atoms with Crippen molar-refractivity contribution in [3.8, 4) is 17.2 Å². The third-order valence-electron chi connectivity index (χ3n) is 6.27. The average Bonchev–Trinajstić information content (AvgIpc) is 3.61. The fraction of sp³-hybridized carbons (Fsp3) is 0.292. The highest BCUT2D eigenvalue weighted by molar-refractivity contribution is 5.57. The summed E-state index contributed by atoms with van der Waals surface area (Å²) in [5.74, 6) is 1.27. The first-order chi connectivity index (χ1) is 16.6. The number of H-pyrrole nitrogens is 1. The van der Waals surface area contributed by atoms with Crippen LogP contribution >= 0.6 is 0 Å². The molecule has 0 radical (unpaired) electrons. The molecule has 1 aromatic carbocycles.